The number of ether oxygens (including phenoxy) is 1. The van der Waals surface area contributed by atoms with E-state index in [1.165, 1.54) is 31.2 Å². The van der Waals surface area contributed by atoms with Gasteiger partial charge in [-0.15, -0.1) is 22.7 Å². The Morgan fingerprint density at radius 1 is 0.778 bits per heavy atom. The highest BCUT2D eigenvalue weighted by atomic mass is 32.1. The van der Waals surface area contributed by atoms with E-state index < -0.39 is 0 Å². The van der Waals surface area contributed by atoms with E-state index >= 15 is 0 Å². The van der Waals surface area contributed by atoms with Gasteiger partial charge < -0.3 is 9.30 Å². The first-order valence-corrected chi connectivity index (χ1v) is 10.4. The van der Waals surface area contributed by atoms with Gasteiger partial charge >= 0.3 is 0 Å². The molecule has 2 aromatic carbocycles. The van der Waals surface area contributed by atoms with Crippen molar-refractivity contribution in [2.75, 3.05) is 7.11 Å². The van der Waals surface area contributed by atoms with Crippen molar-refractivity contribution in [1.82, 2.24) is 4.57 Å². The third-order valence-electron chi connectivity index (χ3n) is 4.66. The predicted octanol–water partition coefficient (Wildman–Crippen LogP) is 7.10. The monoisotopic (exact) mass is 387 g/mol. The van der Waals surface area contributed by atoms with Gasteiger partial charge in [-0.2, -0.15) is 0 Å². The van der Waals surface area contributed by atoms with Crippen LogP contribution in [0.3, 0.4) is 0 Å². The number of thiophene rings is 2. The van der Waals surface area contributed by atoms with Gasteiger partial charge in [0.05, 0.1) is 28.3 Å². The van der Waals surface area contributed by atoms with Crippen molar-refractivity contribution in [2.45, 2.75) is 0 Å². The van der Waals surface area contributed by atoms with Crippen LogP contribution in [-0.4, -0.2) is 11.7 Å². The summed E-state index contributed by atoms with van der Waals surface area (Å²) in [5.41, 5.74) is 3.56. The number of hydrogen-bond donors (Lipinski definition) is 0. The van der Waals surface area contributed by atoms with E-state index in [1.54, 1.807) is 18.4 Å². The molecule has 0 amide bonds. The number of nitrogens with zero attached hydrogens (tertiary/aromatic N) is 1. The molecule has 0 atom stereocenters. The zero-order valence-corrected chi connectivity index (χ0v) is 16.4. The molecule has 3 aromatic heterocycles. The Kier molecular flexibility index (Phi) is 4.07. The van der Waals surface area contributed by atoms with Gasteiger partial charge in [0.2, 0.25) is 0 Å². The summed E-state index contributed by atoms with van der Waals surface area (Å²) in [6, 6.07) is 27.8. The molecular formula is C23H17NOS2. The van der Waals surface area contributed by atoms with Crippen molar-refractivity contribution in [3.63, 3.8) is 0 Å². The van der Waals surface area contributed by atoms with Gasteiger partial charge in [0, 0.05) is 10.4 Å². The fraction of sp³-hybridized carbons (Fsp3) is 0.0435. The maximum absolute atomic E-state index is 5.34. The van der Waals surface area contributed by atoms with E-state index in [1.807, 2.05) is 23.5 Å². The van der Waals surface area contributed by atoms with Gasteiger partial charge in [-0.05, 0) is 65.4 Å². The summed E-state index contributed by atoms with van der Waals surface area (Å²) in [7, 11) is 1.70. The Hall–Kier alpha value is -2.82. The zero-order valence-electron chi connectivity index (χ0n) is 14.8. The van der Waals surface area contributed by atoms with Crippen LogP contribution in [0.5, 0.6) is 5.75 Å². The molecule has 4 heteroatoms. The third-order valence-corrected chi connectivity index (χ3v) is 6.69. The molecule has 0 N–H and O–H groups in total. The van der Waals surface area contributed by atoms with Crippen LogP contribution in [0, 0.1) is 0 Å². The van der Waals surface area contributed by atoms with Gasteiger partial charge in [-0.3, -0.25) is 0 Å². The molecule has 132 valence electrons. The van der Waals surface area contributed by atoms with Crippen LogP contribution < -0.4 is 4.74 Å². The number of rotatable bonds is 4. The highest BCUT2D eigenvalue weighted by molar-refractivity contribution is 7.22. The highest BCUT2D eigenvalue weighted by Gasteiger charge is 2.16. The minimum atomic E-state index is 0.868. The molecule has 0 aliphatic carbocycles. The second-order valence-electron chi connectivity index (χ2n) is 6.26. The first-order chi connectivity index (χ1) is 13.3. The summed E-state index contributed by atoms with van der Waals surface area (Å²) in [4.78, 5) is 2.54. The average Bonchev–Trinajstić information content (AvgIpc) is 3.45. The second kappa shape index (κ2) is 6.72. The molecule has 5 aromatic rings. The number of methoxy groups -OCH3 is 1. The summed E-state index contributed by atoms with van der Waals surface area (Å²) in [5, 5.41) is 3.41. The SMILES string of the molecule is COc1ccc(-n2c(-c3cccs3)ccc2-c2cc3ccccc3s2)cc1. The lowest BCUT2D eigenvalue weighted by atomic mass is 10.2. The summed E-state index contributed by atoms with van der Waals surface area (Å²) >= 11 is 3.60. The average molecular weight is 388 g/mol. The van der Waals surface area contributed by atoms with Crippen LogP contribution in [0.4, 0.5) is 0 Å². The third kappa shape index (κ3) is 2.87. The molecule has 0 bridgehead atoms. The van der Waals surface area contributed by atoms with Crippen LogP contribution in [0.25, 0.3) is 36.9 Å². The van der Waals surface area contributed by atoms with Gasteiger partial charge in [-0.1, -0.05) is 24.3 Å². The van der Waals surface area contributed by atoms with Crippen molar-refractivity contribution < 1.29 is 4.74 Å². The minimum Gasteiger partial charge on any atom is -0.497 e. The molecule has 0 aliphatic rings. The lowest BCUT2D eigenvalue weighted by molar-refractivity contribution is 0.415. The molecule has 0 saturated carbocycles. The number of aromatic nitrogens is 1. The maximum Gasteiger partial charge on any atom is 0.119 e. The Morgan fingerprint density at radius 2 is 1.56 bits per heavy atom. The number of fused-ring (bicyclic) bond motifs is 1. The quantitative estimate of drug-likeness (QED) is 0.321. The lowest BCUT2D eigenvalue weighted by Gasteiger charge is -2.13. The molecule has 0 aliphatic heterocycles. The number of benzene rings is 2. The topological polar surface area (TPSA) is 14.2 Å². The minimum absolute atomic E-state index is 0.868. The largest absolute Gasteiger partial charge is 0.497 e. The zero-order chi connectivity index (χ0) is 18.2. The highest BCUT2D eigenvalue weighted by Crippen LogP contribution is 2.39. The molecule has 27 heavy (non-hydrogen) atoms. The van der Waals surface area contributed by atoms with Crippen LogP contribution in [0.15, 0.2) is 84.2 Å². The molecule has 0 fully saturated rings. The van der Waals surface area contributed by atoms with E-state index in [2.05, 4.69) is 76.7 Å². The summed E-state index contributed by atoms with van der Waals surface area (Å²) in [6.07, 6.45) is 0. The number of hydrogen-bond acceptors (Lipinski definition) is 3. The summed E-state index contributed by atoms with van der Waals surface area (Å²) in [6.45, 7) is 0. The van der Waals surface area contributed by atoms with Gasteiger partial charge in [0.1, 0.15) is 5.75 Å². The molecule has 0 unspecified atom stereocenters. The fourth-order valence-electron chi connectivity index (χ4n) is 3.36. The van der Waals surface area contributed by atoms with Crippen molar-refractivity contribution >= 4 is 32.8 Å². The Morgan fingerprint density at radius 3 is 2.26 bits per heavy atom. The van der Waals surface area contributed by atoms with Crippen LogP contribution >= 0.6 is 22.7 Å². The standard InChI is InChI=1S/C23H17NOS2/c1-25-18-10-8-17(9-11-18)24-19(22-7-4-14-26-22)12-13-20(24)23-15-16-5-2-3-6-21(16)27-23/h2-15H,1H3. The van der Waals surface area contributed by atoms with Crippen LogP contribution in [0.1, 0.15) is 0 Å². The fourth-order valence-corrected chi connectivity index (χ4v) is 5.18. The normalized spacial score (nSPS) is 11.1. The first-order valence-electron chi connectivity index (χ1n) is 8.72. The van der Waals surface area contributed by atoms with Crippen LogP contribution in [-0.2, 0) is 0 Å². The smallest absolute Gasteiger partial charge is 0.119 e. The van der Waals surface area contributed by atoms with Crippen molar-refractivity contribution in [3.8, 4) is 32.6 Å². The van der Waals surface area contributed by atoms with E-state index in [0.717, 1.165) is 11.4 Å². The summed E-state index contributed by atoms with van der Waals surface area (Å²) < 4.78 is 8.99. The molecule has 2 nitrogen and oxygen atoms in total. The molecule has 3 heterocycles. The molecule has 0 radical (unpaired) electrons. The van der Waals surface area contributed by atoms with Crippen LogP contribution in [0.2, 0.25) is 0 Å². The predicted molar refractivity (Wildman–Crippen MR) is 116 cm³/mol. The first kappa shape index (κ1) is 16.4. The van der Waals surface area contributed by atoms with E-state index in [9.17, 15) is 0 Å². The van der Waals surface area contributed by atoms with E-state index in [-0.39, 0.29) is 0 Å². The van der Waals surface area contributed by atoms with Gasteiger partial charge in [0.15, 0.2) is 0 Å². The van der Waals surface area contributed by atoms with E-state index in [0.29, 0.717) is 0 Å². The summed E-state index contributed by atoms with van der Waals surface area (Å²) in [5.74, 6) is 0.868. The van der Waals surface area contributed by atoms with Gasteiger partial charge in [0.25, 0.3) is 0 Å². The van der Waals surface area contributed by atoms with Crippen molar-refractivity contribution in [1.29, 1.82) is 0 Å². The second-order valence-corrected chi connectivity index (χ2v) is 8.29. The Labute approximate surface area is 165 Å². The molecule has 0 spiro atoms. The Bertz CT molecular complexity index is 1160. The van der Waals surface area contributed by atoms with Gasteiger partial charge in [-0.25, -0.2) is 0 Å². The van der Waals surface area contributed by atoms with Crippen molar-refractivity contribution in [3.05, 3.63) is 84.2 Å². The molecule has 5 rings (SSSR count). The van der Waals surface area contributed by atoms with E-state index in [4.69, 9.17) is 4.74 Å². The Balaban J connectivity index is 1.73. The maximum atomic E-state index is 5.34. The lowest BCUT2D eigenvalue weighted by Crippen LogP contribution is -1.98. The van der Waals surface area contributed by atoms with Crippen molar-refractivity contribution in [2.24, 2.45) is 0 Å². The molecular weight excluding hydrogens is 370 g/mol. The molecule has 0 saturated heterocycles.